The third-order valence-electron chi connectivity index (χ3n) is 4.75. The normalized spacial score (nSPS) is 14.6. The summed E-state index contributed by atoms with van der Waals surface area (Å²) in [6.07, 6.45) is 2.20. The number of hydrogen-bond acceptors (Lipinski definition) is 5. The van der Waals surface area contributed by atoms with E-state index in [1.54, 1.807) is 0 Å². The van der Waals surface area contributed by atoms with Gasteiger partial charge in [0, 0.05) is 49.4 Å². The van der Waals surface area contributed by atoms with Gasteiger partial charge in [-0.3, -0.25) is 4.79 Å². The molecule has 1 fully saturated rings. The van der Waals surface area contributed by atoms with Gasteiger partial charge in [-0.1, -0.05) is 25.4 Å². The molecule has 0 unspecified atom stereocenters. The Balaban J connectivity index is 1.84. The Bertz CT molecular complexity index is 793. The minimum absolute atomic E-state index is 0.177. The Kier molecular flexibility index (Phi) is 6.85. The van der Waals surface area contributed by atoms with Crippen LogP contribution in [0.15, 0.2) is 18.2 Å². The summed E-state index contributed by atoms with van der Waals surface area (Å²) in [7, 11) is 0. The first-order valence-electron chi connectivity index (χ1n) is 9.69. The van der Waals surface area contributed by atoms with Crippen molar-refractivity contribution in [2.45, 2.75) is 33.1 Å². The molecule has 2 heterocycles. The van der Waals surface area contributed by atoms with E-state index in [4.69, 9.17) is 21.3 Å². The Morgan fingerprint density at radius 2 is 2.00 bits per heavy atom. The van der Waals surface area contributed by atoms with Crippen LogP contribution in [-0.4, -0.2) is 60.2 Å². The Morgan fingerprint density at radius 3 is 2.70 bits per heavy atom. The summed E-state index contributed by atoms with van der Waals surface area (Å²) in [6, 6.07) is 5.72. The van der Waals surface area contributed by atoms with Gasteiger partial charge < -0.3 is 14.5 Å². The number of hydrogen-bond donors (Lipinski definition) is 0. The molecule has 146 valence electrons. The molecule has 0 aliphatic carbocycles. The molecular formula is C20H27ClN4O2. The van der Waals surface area contributed by atoms with Crippen molar-refractivity contribution >= 4 is 34.2 Å². The van der Waals surface area contributed by atoms with Gasteiger partial charge >= 0.3 is 0 Å². The lowest BCUT2D eigenvalue weighted by Crippen LogP contribution is -2.42. The predicted molar refractivity (Wildman–Crippen MR) is 108 cm³/mol. The van der Waals surface area contributed by atoms with E-state index in [1.165, 1.54) is 0 Å². The molecular weight excluding hydrogens is 364 g/mol. The Morgan fingerprint density at radius 1 is 1.22 bits per heavy atom. The van der Waals surface area contributed by atoms with Crippen molar-refractivity contribution in [3.05, 3.63) is 29.0 Å². The molecule has 0 N–H and O–H groups in total. The summed E-state index contributed by atoms with van der Waals surface area (Å²) in [4.78, 5) is 26.1. The maximum absolute atomic E-state index is 12.6. The Hall–Kier alpha value is -1.92. The van der Waals surface area contributed by atoms with E-state index >= 15 is 0 Å². The van der Waals surface area contributed by atoms with Crippen molar-refractivity contribution in [2.24, 2.45) is 0 Å². The van der Waals surface area contributed by atoms with Crippen molar-refractivity contribution in [1.82, 2.24) is 14.9 Å². The fourth-order valence-corrected chi connectivity index (χ4v) is 3.49. The molecule has 0 spiro atoms. The number of carbonyl (C=O) groups excluding carboxylic acids is 1. The second kappa shape index (κ2) is 9.33. The van der Waals surface area contributed by atoms with Crippen LogP contribution in [0.4, 0.5) is 5.82 Å². The number of halogens is 1. The standard InChI is InChI=1S/C20H27ClN4O2/c1-3-8-25(9-7-19(26)24-10-12-27-13-11-24)20-16-6-5-15(21)14-17(16)22-18(4-2)23-20/h5-6,14H,3-4,7-13H2,1-2H3. The quantitative estimate of drug-likeness (QED) is 0.725. The monoisotopic (exact) mass is 390 g/mol. The number of carbonyl (C=O) groups is 1. The lowest BCUT2D eigenvalue weighted by atomic mass is 10.2. The maximum Gasteiger partial charge on any atom is 0.224 e. The van der Waals surface area contributed by atoms with Gasteiger partial charge in [0.25, 0.3) is 0 Å². The van der Waals surface area contributed by atoms with Crippen LogP contribution in [0.2, 0.25) is 5.02 Å². The molecule has 1 aliphatic rings. The molecule has 0 bridgehead atoms. The van der Waals surface area contributed by atoms with Crippen molar-refractivity contribution in [2.75, 3.05) is 44.3 Å². The molecule has 1 aromatic heterocycles. The van der Waals surface area contributed by atoms with E-state index < -0.39 is 0 Å². The summed E-state index contributed by atoms with van der Waals surface area (Å²) in [5.41, 5.74) is 0.852. The average molecular weight is 391 g/mol. The number of amides is 1. The lowest BCUT2D eigenvalue weighted by molar-refractivity contribution is -0.135. The van der Waals surface area contributed by atoms with Crippen LogP contribution >= 0.6 is 11.6 Å². The summed E-state index contributed by atoms with van der Waals surface area (Å²) in [5.74, 6) is 1.86. The van der Waals surface area contributed by atoms with Crippen LogP contribution in [0, 0.1) is 0 Å². The van der Waals surface area contributed by atoms with Crippen molar-refractivity contribution in [3.63, 3.8) is 0 Å². The highest BCUT2D eigenvalue weighted by Gasteiger charge is 2.19. The van der Waals surface area contributed by atoms with Crippen LogP contribution in [-0.2, 0) is 16.0 Å². The summed E-state index contributed by atoms with van der Waals surface area (Å²) >= 11 is 6.16. The van der Waals surface area contributed by atoms with E-state index in [-0.39, 0.29) is 5.91 Å². The van der Waals surface area contributed by atoms with Gasteiger partial charge in [-0.2, -0.15) is 0 Å². The summed E-state index contributed by atoms with van der Waals surface area (Å²) < 4.78 is 5.33. The van der Waals surface area contributed by atoms with Crippen LogP contribution in [0.3, 0.4) is 0 Å². The maximum atomic E-state index is 12.6. The van der Waals surface area contributed by atoms with Gasteiger partial charge in [0.15, 0.2) is 0 Å². The van der Waals surface area contributed by atoms with Crippen molar-refractivity contribution in [1.29, 1.82) is 0 Å². The van der Waals surface area contributed by atoms with Crippen LogP contribution in [0.1, 0.15) is 32.5 Å². The number of benzene rings is 1. The largest absolute Gasteiger partial charge is 0.378 e. The molecule has 0 saturated carbocycles. The van der Waals surface area contributed by atoms with Crippen molar-refractivity contribution in [3.8, 4) is 0 Å². The zero-order valence-corrected chi connectivity index (χ0v) is 16.8. The fraction of sp³-hybridized carbons (Fsp3) is 0.550. The first kappa shape index (κ1) is 19.8. The highest BCUT2D eigenvalue weighted by Crippen LogP contribution is 2.27. The fourth-order valence-electron chi connectivity index (χ4n) is 3.33. The minimum atomic E-state index is 0.177. The summed E-state index contributed by atoms with van der Waals surface area (Å²) in [6.45, 7) is 8.28. The van der Waals surface area contributed by atoms with Crippen molar-refractivity contribution < 1.29 is 9.53 Å². The molecule has 27 heavy (non-hydrogen) atoms. The number of fused-ring (bicyclic) bond motifs is 1. The van der Waals surface area contributed by atoms with Crippen LogP contribution in [0.5, 0.6) is 0 Å². The molecule has 6 nitrogen and oxygen atoms in total. The van der Waals surface area contributed by atoms with Gasteiger partial charge in [-0.15, -0.1) is 0 Å². The molecule has 3 rings (SSSR count). The van der Waals surface area contributed by atoms with E-state index in [9.17, 15) is 4.79 Å². The number of rotatable bonds is 7. The van der Waals surface area contributed by atoms with Gasteiger partial charge in [-0.05, 0) is 24.6 Å². The number of nitrogens with zero attached hydrogens (tertiary/aromatic N) is 4. The second-order valence-corrected chi connectivity index (χ2v) is 7.15. The molecule has 0 radical (unpaired) electrons. The van der Waals surface area contributed by atoms with E-state index in [1.807, 2.05) is 30.0 Å². The predicted octanol–water partition coefficient (Wildman–Crippen LogP) is 3.31. The first-order chi connectivity index (χ1) is 13.1. The van der Waals surface area contributed by atoms with Gasteiger partial charge in [0.05, 0.1) is 18.7 Å². The van der Waals surface area contributed by atoms with Gasteiger partial charge in [0.1, 0.15) is 11.6 Å². The smallest absolute Gasteiger partial charge is 0.224 e. The lowest BCUT2D eigenvalue weighted by Gasteiger charge is -2.29. The Labute approximate surface area is 165 Å². The highest BCUT2D eigenvalue weighted by atomic mass is 35.5. The number of ether oxygens (including phenoxy) is 1. The summed E-state index contributed by atoms with van der Waals surface area (Å²) in [5, 5.41) is 1.64. The van der Waals surface area contributed by atoms with Crippen LogP contribution in [0.25, 0.3) is 10.9 Å². The number of aromatic nitrogens is 2. The van der Waals surface area contributed by atoms with Crippen LogP contribution < -0.4 is 4.90 Å². The molecule has 1 amide bonds. The molecule has 0 atom stereocenters. The number of morpholine rings is 1. The highest BCUT2D eigenvalue weighted by molar-refractivity contribution is 6.31. The third-order valence-corrected chi connectivity index (χ3v) is 4.99. The molecule has 7 heteroatoms. The molecule has 2 aromatic rings. The number of anilines is 1. The van der Waals surface area contributed by atoms with Gasteiger partial charge in [0.2, 0.25) is 5.91 Å². The van der Waals surface area contributed by atoms with E-state index in [0.717, 1.165) is 41.9 Å². The zero-order valence-electron chi connectivity index (χ0n) is 16.1. The zero-order chi connectivity index (χ0) is 19.2. The number of aryl methyl sites for hydroxylation is 1. The minimum Gasteiger partial charge on any atom is -0.378 e. The van der Waals surface area contributed by atoms with Gasteiger partial charge in [-0.25, -0.2) is 9.97 Å². The second-order valence-electron chi connectivity index (χ2n) is 6.71. The van der Waals surface area contributed by atoms with E-state index in [0.29, 0.717) is 44.3 Å². The molecule has 1 saturated heterocycles. The average Bonchev–Trinajstić information content (AvgIpc) is 2.70. The molecule has 1 aromatic carbocycles. The topological polar surface area (TPSA) is 58.6 Å². The third kappa shape index (κ3) is 4.87. The first-order valence-corrected chi connectivity index (χ1v) is 10.1. The SMILES string of the molecule is CCCN(CCC(=O)N1CCOCC1)c1nc(CC)nc2cc(Cl)ccc12. The van der Waals surface area contributed by atoms with E-state index in [2.05, 4.69) is 16.8 Å². The molecule has 1 aliphatic heterocycles.